The summed E-state index contributed by atoms with van der Waals surface area (Å²) in [5, 5.41) is 3.54. The van der Waals surface area contributed by atoms with E-state index in [-0.39, 0.29) is 36.0 Å². The number of amides is 1. The summed E-state index contributed by atoms with van der Waals surface area (Å²) in [6.45, 7) is 2.17. The highest BCUT2D eigenvalue weighted by atomic mass is 32.2. The highest BCUT2D eigenvalue weighted by Gasteiger charge is 2.55. The Hall–Kier alpha value is -3.16. The fourth-order valence-electron chi connectivity index (χ4n) is 3.45. The fourth-order valence-corrected chi connectivity index (χ4v) is 4.76. The summed E-state index contributed by atoms with van der Waals surface area (Å²) >= 11 is 1.55. The lowest BCUT2D eigenvalue weighted by Crippen LogP contribution is -2.18. The fraction of sp³-hybridized carbons (Fsp3) is 0.364. The molecular formula is C22H24FN5O3S. The molecule has 1 amide bonds. The Labute approximate surface area is 190 Å². The van der Waals surface area contributed by atoms with Crippen LogP contribution in [0, 0.1) is 30.0 Å². The summed E-state index contributed by atoms with van der Waals surface area (Å²) < 4.78 is 23.9. The Kier molecular flexibility index (Phi) is 7.66. The first-order chi connectivity index (χ1) is 15.4. The number of halogens is 1. The van der Waals surface area contributed by atoms with Crippen LogP contribution in [-0.4, -0.2) is 47.1 Å². The lowest BCUT2D eigenvalue weighted by atomic mass is 10.0. The van der Waals surface area contributed by atoms with Crippen LogP contribution in [0.5, 0.6) is 5.88 Å². The standard InChI is InChI=1S/C20H18FN5O2S.C2H6O/c1-3-6-28-15-9-23-14(8-24-15)19(27)25-11-4-5-13(21)12(7-11)17-16-10(2)18(16)29-20(22)26-17;1-3-2/h1,4-5,7-10,16-18H,6H2,2H3,(H2,22,26)(H,25,27);1-2H3/t10-,16?,17?,18?;/m0./s1. The number of thioether (sulfide) groups is 1. The van der Waals surface area contributed by atoms with Gasteiger partial charge in [0.1, 0.15) is 11.5 Å². The van der Waals surface area contributed by atoms with Crippen LogP contribution in [0.25, 0.3) is 0 Å². The number of methoxy groups -OCH3 is 1. The molecule has 1 aromatic heterocycles. The molecule has 2 heterocycles. The Morgan fingerprint density at radius 2 is 2.09 bits per heavy atom. The number of nitrogens with zero attached hydrogens (tertiary/aromatic N) is 3. The summed E-state index contributed by atoms with van der Waals surface area (Å²) in [5.41, 5.74) is 6.88. The highest BCUT2D eigenvalue weighted by Crippen LogP contribution is 2.58. The molecule has 8 nitrogen and oxygen atoms in total. The van der Waals surface area contributed by atoms with Crippen LogP contribution in [0.2, 0.25) is 0 Å². The van der Waals surface area contributed by atoms with Crippen LogP contribution < -0.4 is 15.8 Å². The van der Waals surface area contributed by atoms with Crippen molar-refractivity contribution in [3.8, 4) is 18.2 Å². The number of aromatic nitrogens is 2. The van der Waals surface area contributed by atoms with E-state index < -0.39 is 5.91 Å². The van der Waals surface area contributed by atoms with Crippen LogP contribution in [-0.2, 0) is 4.74 Å². The second kappa shape index (κ2) is 10.4. The molecule has 1 saturated carbocycles. The Morgan fingerprint density at radius 3 is 2.75 bits per heavy atom. The van der Waals surface area contributed by atoms with Gasteiger partial charge in [0, 0.05) is 36.6 Å². The number of carbonyl (C=O) groups is 1. The van der Waals surface area contributed by atoms with Gasteiger partial charge in [-0.15, -0.1) is 6.42 Å². The van der Waals surface area contributed by atoms with Crippen LogP contribution in [0.3, 0.4) is 0 Å². The van der Waals surface area contributed by atoms with Crippen LogP contribution >= 0.6 is 11.8 Å². The van der Waals surface area contributed by atoms with Crippen molar-refractivity contribution < 1.29 is 18.7 Å². The molecule has 0 saturated heterocycles. The summed E-state index contributed by atoms with van der Waals surface area (Å²) in [5.74, 6) is 2.36. The Bertz CT molecular complexity index is 1040. The number of fused-ring (bicyclic) bond motifs is 1. The van der Waals surface area contributed by atoms with Crippen molar-refractivity contribution in [1.82, 2.24) is 9.97 Å². The lowest BCUT2D eigenvalue weighted by molar-refractivity contribution is 0.102. The largest absolute Gasteiger partial charge is 0.463 e. The number of carbonyl (C=O) groups excluding carboxylic acids is 1. The zero-order valence-electron chi connectivity index (χ0n) is 17.9. The monoisotopic (exact) mass is 457 g/mol. The number of aliphatic imine (C=N–C) groups is 1. The van der Waals surface area contributed by atoms with E-state index in [1.54, 1.807) is 32.0 Å². The predicted molar refractivity (Wildman–Crippen MR) is 122 cm³/mol. The third-order valence-electron chi connectivity index (χ3n) is 4.99. The van der Waals surface area contributed by atoms with Gasteiger partial charge < -0.3 is 20.5 Å². The van der Waals surface area contributed by atoms with Crippen molar-refractivity contribution in [3.05, 3.63) is 47.7 Å². The van der Waals surface area contributed by atoms with Gasteiger partial charge in [-0.2, -0.15) is 0 Å². The predicted octanol–water partition coefficient (Wildman–Crippen LogP) is 2.88. The van der Waals surface area contributed by atoms with Crippen molar-refractivity contribution in [2.75, 3.05) is 26.1 Å². The van der Waals surface area contributed by atoms with Gasteiger partial charge in [-0.05, 0) is 24.1 Å². The first kappa shape index (κ1) is 23.5. The SMILES string of the molecule is C#CCOc1cnc(C(=O)Nc2ccc(F)c(C3N=C(N)SC4C3[C@@H]4C)c2)cn1.COC. The molecule has 4 atom stereocenters. The number of terminal acetylenes is 1. The zero-order chi connectivity index (χ0) is 23.3. The second-order valence-corrected chi connectivity index (χ2v) is 8.46. The normalized spacial score (nSPS) is 22.9. The van der Waals surface area contributed by atoms with Gasteiger partial charge in [0.2, 0.25) is 5.88 Å². The van der Waals surface area contributed by atoms with E-state index in [9.17, 15) is 9.18 Å². The quantitative estimate of drug-likeness (QED) is 0.664. The number of rotatable bonds is 5. The molecule has 0 bridgehead atoms. The number of anilines is 1. The molecule has 3 N–H and O–H groups in total. The molecule has 1 aliphatic carbocycles. The van der Waals surface area contributed by atoms with Crippen LogP contribution in [0.1, 0.15) is 29.0 Å². The minimum Gasteiger partial charge on any atom is -0.463 e. The number of amidine groups is 1. The van der Waals surface area contributed by atoms with Gasteiger partial charge >= 0.3 is 0 Å². The average molecular weight is 458 g/mol. The maximum absolute atomic E-state index is 14.5. The topological polar surface area (TPSA) is 112 Å². The van der Waals surface area contributed by atoms with Crippen molar-refractivity contribution in [2.45, 2.75) is 18.2 Å². The van der Waals surface area contributed by atoms with Crippen LogP contribution in [0.15, 0.2) is 35.6 Å². The highest BCUT2D eigenvalue weighted by molar-refractivity contribution is 8.14. The maximum Gasteiger partial charge on any atom is 0.275 e. The van der Waals surface area contributed by atoms with E-state index in [1.165, 1.54) is 24.5 Å². The Balaban J connectivity index is 0.000000913. The average Bonchev–Trinajstić information content (AvgIpc) is 3.43. The van der Waals surface area contributed by atoms with Crippen LogP contribution in [0.4, 0.5) is 10.1 Å². The summed E-state index contributed by atoms with van der Waals surface area (Å²) in [6, 6.07) is 4.07. The number of nitrogens with one attached hydrogen (secondary N) is 1. The second-order valence-electron chi connectivity index (χ2n) is 7.26. The van der Waals surface area contributed by atoms with Gasteiger partial charge in [-0.25, -0.2) is 14.4 Å². The molecular weight excluding hydrogens is 433 g/mol. The molecule has 0 spiro atoms. The van der Waals surface area contributed by atoms with E-state index in [4.69, 9.17) is 16.9 Å². The first-order valence-corrected chi connectivity index (χ1v) is 10.7. The molecule has 168 valence electrons. The van der Waals surface area contributed by atoms with Crippen molar-refractivity contribution in [2.24, 2.45) is 22.6 Å². The van der Waals surface area contributed by atoms with Gasteiger partial charge in [-0.1, -0.05) is 24.6 Å². The molecule has 1 aromatic carbocycles. The number of ether oxygens (including phenoxy) is 2. The van der Waals surface area contributed by atoms with Crippen molar-refractivity contribution in [1.29, 1.82) is 0 Å². The molecule has 2 aromatic rings. The van der Waals surface area contributed by atoms with Gasteiger partial charge in [-0.3, -0.25) is 9.79 Å². The number of hydrogen-bond acceptors (Lipinski definition) is 8. The number of hydrogen-bond donors (Lipinski definition) is 2. The van der Waals surface area contributed by atoms with E-state index >= 15 is 0 Å². The summed E-state index contributed by atoms with van der Waals surface area (Å²) in [7, 11) is 3.25. The van der Waals surface area contributed by atoms with Gasteiger partial charge in [0.15, 0.2) is 11.8 Å². The minimum absolute atomic E-state index is 0.0612. The van der Waals surface area contributed by atoms with E-state index in [0.29, 0.717) is 27.6 Å². The summed E-state index contributed by atoms with van der Waals surface area (Å²) in [4.78, 5) is 24.9. The van der Waals surface area contributed by atoms with Gasteiger partial charge in [0.25, 0.3) is 5.91 Å². The minimum atomic E-state index is -0.474. The smallest absolute Gasteiger partial charge is 0.275 e. The molecule has 4 rings (SSSR count). The Morgan fingerprint density at radius 1 is 1.34 bits per heavy atom. The third kappa shape index (κ3) is 5.36. The summed E-state index contributed by atoms with van der Waals surface area (Å²) in [6.07, 6.45) is 7.71. The van der Waals surface area contributed by atoms with Crippen molar-refractivity contribution in [3.63, 3.8) is 0 Å². The molecule has 2 aliphatic rings. The zero-order valence-corrected chi connectivity index (χ0v) is 18.7. The van der Waals surface area contributed by atoms with E-state index in [1.807, 2.05) is 0 Å². The molecule has 0 radical (unpaired) electrons. The van der Waals surface area contributed by atoms with E-state index in [2.05, 4.69) is 37.9 Å². The van der Waals surface area contributed by atoms with E-state index in [0.717, 1.165) is 0 Å². The first-order valence-electron chi connectivity index (χ1n) is 9.78. The molecule has 32 heavy (non-hydrogen) atoms. The van der Waals surface area contributed by atoms with Gasteiger partial charge in [0.05, 0.1) is 18.4 Å². The number of benzene rings is 1. The van der Waals surface area contributed by atoms with Crippen molar-refractivity contribution >= 4 is 28.5 Å². The molecule has 3 unspecified atom stereocenters. The maximum atomic E-state index is 14.5. The molecule has 10 heteroatoms. The lowest BCUT2D eigenvalue weighted by Gasteiger charge is -2.19. The molecule has 1 fully saturated rings. The number of nitrogens with two attached hydrogens (primary N) is 1. The molecule has 1 aliphatic heterocycles. The third-order valence-corrected chi connectivity index (χ3v) is 6.35.